The van der Waals surface area contributed by atoms with Crippen LogP contribution in [-0.4, -0.2) is 0 Å². The van der Waals surface area contributed by atoms with Gasteiger partial charge < -0.3 is 5.32 Å². The van der Waals surface area contributed by atoms with E-state index in [4.69, 9.17) is 0 Å². The molecule has 1 aliphatic carbocycles. The van der Waals surface area contributed by atoms with Crippen molar-refractivity contribution in [3.8, 4) is 11.1 Å². The van der Waals surface area contributed by atoms with E-state index in [0.717, 1.165) is 22.7 Å². The third-order valence-electron chi connectivity index (χ3n) is 5.78. The average Bonchev–Trinajstić information content (AvgIpc) is 3.01. The lowest BCUT2D eigenvalue weighted by atomic mass is 9.82. The molecule has 4 aromatic rings. The molecule has 0 aliphatic heterocycles. The van der Waals surface area contributed by atoms with Crippen LogP contribution in [0.5, 0.6) is 0 Å². The van der Waals surface area contributed by atoms with Crippen molar-refractivity contribution in [1.29, 1.82) is 0 Å². The van der Waals surface area contributed by atoms with Crippen LogP contribution in [-0.2, 0) is 5.41 Å². The van der Waals surface area contributed by atoms with Gasteiger partial charge >= 0.3 is 0 Å². The molecule has 0 amide bonds. The van der Waals surface area contributed by atoms with Crippen LogP contribution < -0.4 is 5.32 Å². The highest BCUT2D eigenvalue weighted by molar-refractivity contribution is 5.82. The van der Waals surface area contributed by atoms with E-state index in [2.05, 4.69) is 71.9 Å². The van der Waals surface area contributed by atoms with Gasteiger partial charge in [-0.25, -0.2) is 0 Å². The molecule has 0 atom stereocenters. The molecular formula is C27H23N3. The molecule has 0 saturated heterocycles. The molecule has 0 radical (unpaired) electrons. The van der Waals surface area contributed by atoms with Gasteiger partial charge in [-0.2, -0.15) is 10.2 Å². The molecule has 3 heteroatoms. The second-order valence-corrected chi connectivity index (χ2v) is 8.14. The summed E-state index contributed by atoms with van der Waals surface area (Å²) in [6, 6.07) is 33.1. The van der Waals surface area contributed by atoms with Crippen molar-refractivity contribution in [1.82, 2.24) is 0 Å². The van der Waals surface area contributed by atoms with E-state index in [-0.39, 0.29) is 5.41 Å². The SMILES string of the molecule is CC1(C)c2ccccc2-c2ccc(Nc3ccc(N=Nc4ccccc4)cc3)cc21. The lowest BCUT2D eigenvalue weighted by Crippen LogP contribution is -2.15. The number of nitrogens with one attached hydrogen (secondary N) is 1. The van der Waals surface area contributed by atoms with E-state index in [0.29, 0.717) is 0 Å². The monoisotopic (exact) mass is 389 g/mol. The van der Waals surface area contributed by atoms with E-state index < -0.39 is 0 Å². The van der Waals surface area contributed by atoms with Crippen molar-refractivity contribution in [3.05, 3.63) is 108 Å². The van der Waals surface area contributed by atoms with E-state index >= 15 is 0 Å². The summed E-state index contributed by atoms with van der Waals surface area (Å²) in [5.41, 5.74) is 9.24. The van der Waals surface area contributed by atoms with E-state index in [1.807, 2.05) is 54.6 Å². The quantitative estimate of drug-likeness (QED) is 0.351. The normalized spacial score (nSPS) is 13.8. The number of azo groups is 1. The van der Waals surface area contributed by atoms with Crippen LogP contribution in [0, 0.1) is 0 Å². The van der Waals surface area contributed by atoms with Crippen LogP contribution in [0.2, 0.25) is 0 Å². The van der Waals surface area contributed by atoms with Gasteiger partial charge in [0.1, 0.15) is 0 Å². The number of rotatable bonds is 4. The Balaban J connectivity index is 1.36. The molecule has 1 aliphatic rings. The maximum atomic E-state index is 4.31. The Labute approximate surface area is 177 Å². The molecule has 146 valence electrons. The first-order chi connectivity index (χ1) is 14.6. The Kier molecular flexibility index (Phi) is 4.44. The summed E-state index contributed by atoms with van der Waals surface area (Å²) in [6.07, 6.45) is 0. The second-order valence-electron chi connectivity index (χ2n) is 8.14. The standard InChI is InChI=1S/C27H23N3/c1-27(2)25-11-7-6-10-23(25)24-17-16-22(18-26(24)27)28-19-12-14-21(15-13-19)30-29-20-8-4-3-5-9-20/h3-18,28H,1-2H3. The first-order valence-corrected chi connectivity index (χ1v) is 10.2. The third-order valence-corrected chi connectivity index (χ3v) is 5.78. The van der Waals surface area contributed by atoms with E-state index in [1.54, 1.807) is 0 Å². The fourth-order valence-corrected chi connectivity index (χ4v) is 4.17. The van der Waals surface area contributed by atoms with Gasteiger partial charge in [-0.05, 0) is 70.8 Å². The minimum absolute atomic E-state index is 0.00525. The van der Waals surface area contributed by atoms with Crippen molar-refractivity contribution < 1.29 is 0 Å². The molecule has 5 rings (SSSR count). The van der Waals surface area contributed by atoms with Gasteiger partial charge in [-0.3, -0.25) is 0 Å². The van der Waals surface area contributed by atoms with Crippen LogP contribution in [0.4, 0.5) is 22.7 Å². The van der Waals surface area contributed by atoms with Crippen LogP contribution in [0.3, 0.4) is 0 Å². The third kappa shape index (κ3) is 3.29. The summed E-state index contributed by atoms with van der Waals surface area (Å²) in [7, 11) is 0. The minimum Gasteiger partial charge on any atom is -0.356 e. The number of hydrogen-bond acceptors (Lipinski definition) is 3. The molecule has 0 unspecified atom stereocenters. The van der Waals surface area contributed by atoms with Crippen LogP contribution in [0.25, 0.3) is 11.1 Å². The Bertz CT molecular complexity index is 1220. The summed E-state index contributed by atoms with van der Waals surface area (Å²) >= 11 is 0. The Morgan fingerprint density at radius 3 is 1.93 bits per heavy atom. The lowest BCUT2D eigenvalue weighted by molar-refractivity contribution is 0.660. The van der Waals surface area contributed by atoms with Crippen molar-refractivity contribution in [3.63, 3.8) is 0 Å². The van der Waals surface area contributed by atoms with Crippen LogP contribution in [0.1, 0.15) is 25.0 Å². The Hall–Kier alpha value is -3.72. The summed E-state index contributed by atoms with van der Waals surface area (Å²) in [5, 5.41) is 12.1. The van der Waals surface area contributed by atoms with Gasteiger partial charge in [-0.15, -0.1) is 0 Å². The summed E-state index contributed by atoms with van der Waals surface area (Å²) in [6.45, 7) is 4.60. The Morgan fingerprint density at radius 1 is 0.567 bits per heavy atom. The summed E-state index contributed by atoms with van der Waals surface area (Å²) in [4.78, 5) is 0. The summed E-state index contributed by atoms with van der Waals surface area (Å²) in [5.74, 6) is 0. The van der Waals surface area contributed by atoms with Crippen LogP contribution in [0.15, 0.2) is 107 Å². The molecule has 0 bridgehead atoms. The number of hydrogen-bond donors (Lipinski definition) is 1. The number of anilines is 2. The highest BCUT2D eigenvalue weighted by Gasteiger charge is 2.35. The molecule has 1 N–H and O–H groups in total. The van der Waals surface area contributed by atoms with Gasteiger partial charge in [0.2, 0.25) is 0 Å². The van der Waals surface area contributed by atoms with Gasteiger partial charge in [0.05, 0.1) is 11.4 Å². The zero-order chi connectivity index (χ0) is 20.6. The number of fused-ring (bicyclic) bond motifs is 3. The second kappa shape index (κ2) is 7.27. The highest BCUT2D eigenvalue weighted by atomic mass is 15.1. The van der Waals surface area contributed by atoms with Crippen molar-refractivity contribution >= 4 is 22.7 Å². The van der Waals surface area contributed by atoms with Crippen LogP contribution >= 0.6 is 0 Å². The first kappa shape index (κ1) is 18.3. The minimum atomic E-state index is 0.00525. The van der Waals surface area contributed by atoms with Crippen molar-refractivity contribution in [2.45, 2.75) is 19.3 Å². The largest absolute Gasteiger partial charge is 0.356 e. The topological polar surface area (TPSA) is 36.8 Å². The van der Waals surface area contributed by atoms with E-state index in [1.165, 1.54) is 22.3 Å². The molecule has 3 nitrogen and oxygen atoms in total. The molecule has 4 aromatic carbocycles. The molecule has 0 aromatic heterocycles. The van der Waals surface area contributed by atoms with Crippen molar-refractivity contribution in [2.75, 3.05) is 5.32 Å². The summed E-state index contributed by atoms with van der Waals surface area (Å²) < 4.78 is 0. The predicted octanol–water partition coefficient (Wildman–Crippen LogP) is 8.15. The fraction of sp³-hybridized carbons (Fsp3) is 0.111. The molecule has 0 heterocycles. The molecular weight excluding hydrogens is 366 g/mol. The number of benzene rings is 4. The molecule has 0 spiro atoms. The van der Waals surface area contributed by atoms with Gasteiger partial charge in [-0.1, -0.05) is 62.4 Å². The Morgan fingerprint density at radius 2 is 1.17 bits per heavy atom. The first-order valence-electron chi connectivity index (χ1n) is 10.2. The lowest BCUT2D eigenvalue weighted by Gasteiger charge is -2.22. The predicted molar refractivity (Wildman–Crippen MR) is 124 cm³/mol. The fourth-order valence-electron chi connectivity index (χ4n) is 4.17. The molecule has 0 saturated carbocycles. The highest BCUT2D eigenvalue weighted by Crippen LogP contribution is 2.49. The average molecular weight is 390 g/mol. The maximum Gasteiger partial charge on any atom is 0.0858 e. The van der Waals surface area contributed by atoms with Crippen molar-refractivity contribution in [2.24, 2.45) is 10.2 Å². The van der Waals surface area contributed by atoms with Gasteiger partial charge in [0.25, 0.3) is 0 Å². The molecule has 30 heavy (non-hydrogen) atoms. The smallest absolute Gasteiger partial charge is 0.0858 e. The number of nitrogens with zero attached hydrogens (tertiary/aromatic N) is 2. The van der Waals surface area contributed by atoms with Gasteiger partial charge in [0, 0.05) is 16.8 Å². The zero-order valence-corrected chi connectivity index (χ0v) is 17.1. The van der Waals surface area contributed by atoms with E-state index in [9.17, 15) is 0 Å². The van der Waals surface area contributed by atoms with Gasteiger partial charge in [0.15, 0.2) is 0 Å². The zero-order valence-electron chi connectivity index (χ0n) is 17.1. The maximum absolute atomic E-state index is 4.31. The molecule has 0 fully saturated rings.